The standard InChI is InChI=1S/C18H24N4O3/c1-21(11-16(23)19-13-4-5-13)12-17(24)20-14-6-8-15(9-7-14)22-10-2-3-18(22)25/h6-9,13H,2-5,10-12H2,1H3,(H,19,23)(H,20,24). The van der Waals surface area contributed by atoms with E-state index in [4.69, 9.17) is 0 Å². The Balaban J connectivity index is 1.45. The van der Waals surface area contributed by atoms with Crippen LogP contribution in [-0.4, -0.2) is 55.3 Å². The van der Waals surface area contributed by atoms with Gasteiger partial charge in [0.05, 0.1) is 13.1 Å². The van der Waals surface area contributed by atoms with Crippen LogP contribution in [-0.2, 0) is 14.4 Å². The van der Waals surface area contributed by atoms with Gasteiger partial charge in [-0.1, -0.05) is 0 Å². The molecular weight excluding hydrogens is 320 g/mol. The number of nitrogens with one attached hydrogen (secondary N) is 2. The average molecular weight is 344 g/mol. The summed E-state index contributed by atoms with van der Waals surface area (Å²) in [6.45, 7) is 1.10. The number of amides is 3. The van der Waals surface area contributed by atoms with Crippen LogP contribution in [0.5, 0.6) is 0 Å². The van der Waals surface area contributed by atoms with Crippen LogP contribution in [0, 0.1) is 0 Å². The molecule has 0 aromatic heterocycles. The maximum atomic E-state index is 12.1. The molecule has 0 atom stereocenters. The van der Waals surface area contributed by atoms with Crippen molar-refractivity contribution in [1.82, 2.24) is 10.2 Å². The second-order valence-electron chi connectivity index (χ2n) is 6.76. The molecule has 1 aliphatic carbocycles. The van der Waals surface area contributed by atoms with Crippen molar-refractivity contribution < 1.29 is 14.4 Å². The van der Waals surface area contributed by atoms with Crippen molar-refractivity contribution in [2.75, 3.05) is 36.9 Å². The maximum Gasteiger partial charge on any atom is 0.238 e. The molecule has 1 aliphatic heterocycles. The first-order valence-electron chi connectivity index (χ1n) is 8.69. The normalized spacial score (nSPS) is 17.0. The number of carbonyl (C=O) groups is 3. The summed E-state index contributed by atoms with van der Waals surface area (Å²) in [6.07, 6.45) is 3.58. The molecule has 3 rings (SSSR count). The molecule has 1 saturated carbocycles. The minimum absolute atomic E-state index is 0.0440. The first-order valence-corrected chi connectivity index (χ1v) is 8.69. The Kier molecular flexibility index (Phi) is 5.33. The van der Waals surface area contributed by atoms with Crippen molar-refractivity contribution in [2.45, 2.75) is 31.7 Å². The van der Waals surface area contributed by atoms with Crippen LogP contribution in [0.4, 0.5) is 11.4 Å². The number of rotatable bonds is 7. The van der Waals surface area contributed by atoms with Gasteiger partial charge in [0.25, 0.3) is 0 Å². The summed E-state index contributed by atoms with van der Waals surface area (Å²) in [5.74, 6) is -0.0768. The molecule has 0 radical (unpaired) electrons. The van der Waals surface area contributed by atoms with Gasteiger partial charge in [0.2, 0.25) is 17.7 Å². The highest BCUT2D eigenvalue weighted by molar-refractivity contribution is 5.96. The van der Waals surface area contributed by atoms with Gasteiger partial charge in [-0.05, 0) is 50.6 Å². The van der Waals surface area contributed by atoms with E-state index >= 15 is 0 Å². The quantitative estimate of drug-likeness (QED) is 0.772. The van der Waals surface area contributed by atoms with Gasteiger partial charge in [0, 0.05) is 30.4 Å². The molecule has 1 aromatic carbocycles. The minimum Gasteiger partial charge on any atom is -0.352 e. The maximum absolute atomic E-state index is 12.1. The third-order valence-electron chi connectivity index (χ3n) is 4.31. The van der Waals surface area contributed by atoms with Crippen molar-refractivity contribution in [3.05, 3.63) is 24.3 Å². The molecule has 0 unspecified atom stereocenters. The molecule has 134 valence electrons. The fourth-order valence-electron chi connectivity index (χ4n) is 2.89. The first-order chi connectivity index (χ1) is 12.0. The summed E-state index contributed by atoms with van der Waals surface area (Å²) in [4.78, 5) is 39.0. The predicted molar refractivity (Wildman–Crippen MR) is 95.3 cm³/mol. The van der Waals surface area contributed by atoms with E-state index < -0.39 is 0 Å². The number of nitrogens with zero attached hydrogens (tertiary/aromatic N) is 2. The monoisotopic (exact) mass is 344 g/mol. The molecule has 1 heterocycles. The molecule has 1 saturated heterocycles. The number of benzene rings is 1. The van der Waals surface area contributed by atoms with Gasteiger partial charge in [-0.25, -0.2) is 0 Å². The van der Waals surface area contributed by atoms with E-state index in [-0.39, 0.29) is 30.8 Å². The van der Waals surface area contributed by atoms with Crippen LogP contribution >= 0.6 is 0 Å². The lowest BCUT2D eigenvalue weighted by molar-refractivity contribution is -0.123. The zero-order chi connectivity index (χ0) is 17.8. The van der Waals surface area contributed by atoms with Crippen LogP contribution in [0.25, 0.3) is 0 Å². The Hall–Kier alpha value is -2.41. The summed E-state index contributed by atoms with van der Waals surface area (Å²) < 4.78 is 0. The van der Waals surface area contributed by atoms with E-state index in [9.17, 15) is 14.4 Å². The summed E-state index contributed by atoms with van der Waals surface area (Å²) >= 11 is 0. The third-order valence-corrected chi connectivity index (χ3v) is 4.31. The molecule has 2 fully saturated rings. The fourth-order valence-corrected chi connectivity index (χ4v) is 2.89. The molecule has 2 aliphatic rings. The molecule has 7 heteroatoms. The van der Waals surface area contributed by atoms with Gasteiger partial charge in [0.1, 0.15) is 0 Å². The smallest absolute Gasteiger partial charge is 0.238 e. The van der Waals surface area contributed by atoms with E-state index in [0.29, 0.717) is 18.2 Å². The lowest BCUT2D eigenvalue weighted by atomic mass is 10.2. The molecule has 7 nitrogen and oxygen atoms in total. The number of hydrogen-bond donors (Lipinski definition) is 2. The van der Waals surface area contributed by atoms with Crippen LogP contribution in [0.2, 0.25) is 0 Å². The van der Waals surface area contributed by atoms with Crippen molar-refractivity contribution in [3.63, 3.8) is 0 Å². The van der Waals surface area contributed by atoms with Crippen LogP contribution < -0.4 is 15.5 Å². The topological polar surface area (TPSA) is 81.8 Å². The van der Waals surface area contributed by atoms with E-state index in [1.165, 1.54) is 0 Å². The van der Waals surface area contributed by atoms with Gasteiger partial charge < -0.3 is 15.5 Å². The fraction of sp³-hybridized carbons (Fsp3) is 0.500. The lowest BCUT2D eigenvalue weighted by Gasteiger charge is -2.17. The van der Waals surface area contributed by atoms with Gasteiger partial charge >= 0.3 is 0 Å². The van der Waals surface area contributed by atoms with Crippen molar-refractivity contribution in [1.29, 1.82) is 0 Å². The van der Waals surface area contributed by atoms with Crippen molar-refractivity contribution >= 4 is 29.1 Å². The molecule has 3 amide bonds. The number of anilines is 2. The number of likely N-dealkylation sites (N-methyl/N-ethyl adjacent to an activating group) is 1. The first kappa shape index (κ1) is 17.4. The Bertz CT molecular complexity index is 655. The molecule has 1 aromatic rings. The Morgan fingerprint density at radius 1 is 1.16 bits per heavy atom. The van der Waals surface area contributed by atoms with Crippen LogP contribution in [0.1, 0.15) is 25.7 Å². The number of carbonyl (C=O) groups excluding carboxylic acids is 3. The third kappa shape index (κ3) is 5.03. The predicted octanol–water partition coefficient (Wildman–Crippen LogP) is 0.962. The highest BCUT2D eigenvalue weighted by atomic mass is 16.2. The second kappa shape index (κ2) is 7.65. The summed E-state index contributed by atoms with van der Waals surface area (Å²) in [5.41, 5.74) is 1.53. The molecule has 0 bridgehead atoms. The Morgan fingerprint density at radius 3 is 2.44 bits per heavy atom. The molecule has 2 N–H and O–H groups in total. The van der Waals surface area contributed by atoms with Gasteiger partial charge in [-0.15, -0.1) is 0 Å². The number of hydrogen-bond acceptors (Lipinski definition) is 4. The molecular formula is C18H24N4O3. The zero-order valence-corrected chi connectivity index (χ0v) is 14.5. The SMILES string of the molecule is CN(CC(=O)Nc1ccc(N2CCCC2=O)cc1)CC(=O)NC1CC1. The second-order valence-corrected chi connectivity index (χ2v) is 6.76. The van der Waals surface area contributed by atoms with Crippen molar-refractivity contribution in [3.8, 4) is 0 Å². The average Bonchev–Trinajstić information content (AvgIpc) is 3.25. The highest BCUT2D eigenvalue weighted by Crippen LogP contribution is 2.23. The van der Waals surface area contributed by atoms with Crippen LogP contribution in [0.15, 0.2) is 24.3 Å². The van der Waals surface area contributed by atoms with E-state index in [2.05, 4.69) is 10.6 Å². The van der Waals surface area contributed by atoms with E-state index in [1.54, 1.807) is 29.0 Å². The highest BCUT2D eigenvalue weighted by Gasteiger charge is 2.24. The van der Waals surface area contributed by atoms with Crippen LogP contribution in [0.3, 0.4) is 0 Å². The largest absolute Gasteiger partial charge is 0.352 e. The van der Waals surface area contributed by atoms with Gasteiger partial charge in [-0.3, -0.25) is 19.3 Å². The lowest BCUT2D eigenvalue weighted by Crippen LogP contribution is -2.39. The zero-order valence-electron chi connectivity index (χ0n) is 14.5. The van der Waals surface area contributed by atoms with Gasteiger partial charge in [0.15, 0.2) is 0 Å². The Labute approximate surface area is 147 Å². The molecule has 25 heavy (non-hydrogen) atoms. The minimum atomic E-state index is -0.174. The van der Waals surface area contributed by atoms with Gasteiger partial charge in [-0.2, -0.15) is 0 Å². The van der Waals surface area contributed by atoms with E-state index in [1.807, 2.05) is 12.1 Å². The van der Waals surface area contributed by atoms with E-state index in [0.717, 1.165) is 31.5 Å². The summed E-state index contributed by atoms with van der Waals surface area (Å²) in [7, 11) is 1.74. The Morgan fingerprint density at radius 2 is 1.84 bits per heavy atom. The summed E-state index contributed by atoms with van der Waals surface area (Å²) in [5, 5.41) is 5.71. The molecule has 0 spiro atoms. The van der Waals surface area contributed by atoms with Crippen molar-refractivity contribution in [2.24, 2.45) is 0 Å². The summed E-state index contributed by atoms with van der Waals surface area (Å²) in [6, 6.07) is 7.59.